The van der Waals surface area contributed by atoms with Crippen molar-refractivity contribution in [1.29, 1.82) is 0 Å². The van der Waals surface area contributed by atoms with Gasteiger partial charge in [0.15, 0.2) is 0 Å². The molecule has 0 aliphatic heterocycles. The van der Waals surface area contributed by atoms with E-state index in [1.807, 2.05) is 25.1 Å². The van der Waals surface area contributed by atoms with Crippen LogP contribution in [0.4, 0.5) is 5.69 Å². The van der Waals surface area contributed by atoms with Crippen molar-refractivity contribution >= 4 is 34.8 Å². The highest BCUT2D eigenvalue weighted by Gasteiger charge is 2.60. The van der Waals surface area contributed by atoms with Gasteiger partial charge in [0.25, 0.3) is 0 Å². The van der Waals surface area contributed by atoms with Crippen LogP contribution in [0.3, 0.4) is 0 Å². The second-order valence-corrected chi connectivity index (χ2v) is 9.04. The summed E-state index contributed by atoms with van der Waals surface area (Å²) in [5.74, 6) is 1.43. The van der Waals surface area contributed by atoms with E-state index in [9.17, 15) is 4.79 Å². The highest BCUT2D eigenvalue weighted by molar-refractivity contribution is 6.30. The zero-order valence-electron chi connectivity index (χ0n) is 12.8. The van der Waals surface area contributed by atoms with Crippen molar-refractivity contribution in [2.24, 2.45) is 17.3 Å². The van der Waals surface area contributed by atoms with Crippen LogP contribution in [0.15, 0.2) is 18.2 Å². The number of alkyl halides is 1. The van der Waals surface area contributed by atoms with Crippen molar-refractivity contribution in [3.05, 3.63) is 28.8 Å². The monoisotopic (exact) mass is 337 g/mol. The van der Waals surface area contributed by atoms with Gasteiger partial charge in [-0.2, -0.15) is 0 Å². The van der Waals surface area contributed by atoms with Crippen molar-refractivity contribution in [3.63, 3.8) is 0 Å². The van der Waals surface area contributed by atoms with E-state index in [0.29, 0.717) is 16.9 Å². The van der Waals surface area contributed by atoms with Gasteiger partial charge in [0.2, 0.25) is 5.91 Å². The lowest BCUT2D eigenvalue weighted by atomic mass is 9.49. The standard InChI is InChI=1S/C18H21Cl2NO/c1-11-4-14(19)2-3-15(11)21-16(22)17-6-12-5-13(7-17)9-18(20,8-12)10-17/h2-4,12-13H,5-10H2,1H3,(H,21,22). The van der Waals surface area contributed by atoms with Gasteiger partial charge in [0, 0.05) is 15.6 Å². The number of carbonyl (C=O) groups is 1. The topological polar surface area (TPSA) is 29.1 Å². The highest BCUT2D eigenvalue weighted by atomic mass is 35.5. The van der Waals surface area contributed by atoms with Gasteiger partial charge in [-0.25, -0.2) is 0 Å². The van der Waals surface area contributed by atoms with Crippen LogP contribution in [0, 0.1) is 24.2 Å². The molecule has 4 aliphatic rings. The number of rotatable bonds is 2. The molecule has 1 N–H and O–H groups in total. The number of nitrogens with one attached hydrogen (secondary N) is 1. The van der Waals surface area contributed by atoms with Crippen LogP contribution in [-0.2, 0) is 4.79 Å². The van der Waals surface area contributed by atoms with Gasteiger partial charge in [-0.15, -0.1) is 11.6 Å². The highest BCUT2D eigenvalue weighted by Crippen LogP contribution is 2.64. The molecule has 0 heterocycles. The molecule has 5 rings (SSSR count). The van der Waals surface area contributed by atoms with Crippen molar-refractivity contribution < 1.29 is 4.79 Å². The fraction of sp³-hybridized carbons (Fsp3) is 0.611. The third-order valence-corrected chi connectivity index (χ3v) is 6.59. The molecule has 0 saturated heterocycles. The first-order chi connectivity index (χ1) is 10.4. The average molecular weight is 338 g/mol. The van der Waals surface area contributed by atoms with Gasteiger partial charge in [-0.1, -0.05) is 11.6 Å². The molecule has 4 heteroatoms. The van der Waals surface area contributed by atoms with Crippen LogP contribution in [-0.4, -0.2) is 10.8 Å². The maximum absolute atomic E-state index is 13.0. The minimum atomic E-state index is -0.252. The molecular formula is C18H21Cl2NO. The molecule has 4 fully saturated rings. The van der Waals surface area contributed by atoms with Crippen molar-refractivity contribution in [1.82, 2.24) is 0 Å². The largest absolute Gasteiger partial charge is 0.325 e. The third kappa shape index (κ3) is 2.35. The number of aryl methyl sites for hydroxylation is 1. The Kier molecular flexibility index (Phi) is 3.29. The summed E-state index contributed by atoms with van der Waals surface area (Å²) in [5.41, 5.74) is 1.62. The van der Waals surface area contributed by atoms with E-state index < -0.39 is 0 Å². The van der Waals surface area contributed by atoms with Crippen LogP contribution in [0.1, 0.15) is 44.1 Å². The fourth-order valence-electron chi connectivity index (χ4n) is 5.44. The number of benzene rings is 1. The maximum atomic E-state index is 13.0. The van der Waals surface area contributed by atoms with Gasteiger partial charge < -0.3 is 5.32 Å². The molecule has 4 saturated carbocycles. The molecule has 118 valence electrons. The van der Waals surface area contributed by atoms with Crippen LogP contribution in [0.2, 0.25) is 5.02 Å². The normalized spacial score (nSPS) is 39.0. The van der Waals surface area contributed by atoms with E-state index in [2.05, 4.69) is 5.32 Å². The Morgan fingerprint density at radius 2 is 1.91 bits per heavy atom. The smallest absolute Gasteiger partial charge is 0.230 e. The molecule has 0 aromatic heterocycles. The van der Waals surface area contributed by atoms with E-state index in [1.165, 1.54) is 6.42 Å². The van der Waals surface area contributed by atoms with Gasteiger partial charge in [-0.05, 0) is 81.0 Å². The second kappa shape index (κ2) is 4.88. The molecule has 4 aliphatic carbocycles. The Balaban J connectivity index is 1.60. The van der Waals surface area contributed by atoms with E-state index in [1.54, 1.807) is 0 Å². The Morgan fingerprint density at radius 3 is 2.50 bits per heavy atom. The number of halogens is 2. The maximum Gasteiger partial charge on any atom is 0.230 e. The lowest BCUT2D eigenvalue weighted by molar-refractivity contribution is -0.138. The molecule has 0 spiro atoms. The molecule has 1 aromatic rings. The van der Waals surface area contributed by atoms with E-state index in [-0.39, 0.29) is 16.2 Å². The summed E-state index contributed by atoms with van der Waals surface area (Å²) >= 11 is 12.8. The summed E-state index contributed by atoms with van der Waals surface area (Å²) in [7, 11) is 0. The average Bonchev–Trinajstić information content (AvgIpc) is 2.39. The Morgan fingerprint density at radius 1 is 1.23 bits per heavy atom. The summed E-state index contributed by atoms with van der Waals surface area (Å²) in [4.78, 5) is 12.9. The Labute approximate surface area is 141 Å². The first-order valence-corrected chi connectivity index (χ1v) is 8.90. The molecule has 2 unspecified atom stereocenters. The van der Waals surface area contributed by atoms with Gasteiger partial charge in [0.05, 0.1) is 5.41 Å². The molecular weight excluding hydrogens is 317 g/mol. The van der Waals surface area contributed by atoms with Crippen molar-refractivity contribution in [3.8, 4) is 0 Å². The molecule has 4 bridgehead atoms. The summed E-state index contributed by atoms with van der Waals surface area (Å²) < 4.78 is 0. The van der Waals surface area contributed by atoms with Crippen molar-refractivity contribution in [2.45, 2.75) is 50.3 Å². The van der Waals surface area contributed by atoms with Crippen molar-refractivity contribution in [2.75, 3.05) is 5.32 Å². The summed E-state index contributed by atoms with van der Waals surface area (Å²) in [6, 6.07) is 5.61. The first-order valence-electron chi connectivity index (χ1n) is 8.14. The van der Waals surface area contributed by atoms with Crippen LogP contribution in [0.5, 0.6) is 0 Å². The zero-order chi connectivity index (χ0) is 15.5. The number of hydrogen-bond acceptors (Lipinski definition) is 1. The summed E-state index contributed by atoms with van der Waals surface area (Å²) in [6.45, 7) is 1.98. The van der Waals surface area contributed by atoms with Gasteiger partial charge in [-0.3, -0.25) is 4.79 Å². The zero-order valence-corrected chi connectivity index (χ0v) is 14.3. The summed E-state index contributed by atoms with van der Waals surface area (Å²) in [6.07, 6.45) is 6.32. The predicted molar refractivity (Wildman–Crippen MR) is 90.5 cm³/mol. The molecule has 1 aromatic carbocycles. The minimum Gasteiger partial charge on any atom is -0.325 e. The van der Waals surface area contributed by atoms with Crippen LogP contribution >= 0.6 is 23.2 Å². The molecule has 0 radical (unpaired) electrons. The van der Waals surface area contributed by atoms with E-state index in [0.717, 1.165) is 43.4 Å². The Bertz CT molecular complexity index is 628. The fourth-order valence-corrected chi connectivity index (χ4v) is 6.36. The molecule has 2 atom stereocenters. The number of amides is 1. The third-order valence-electron chi connectivity index (χ3n) is 5.91. The van der Waals surface area contributed by atoms with E-state index >= 15 is 0 Å². The van der Waals surface area contributed by atoms with E-state index in [4.69, 9.17) is 23.2 Å². The quantitative estimate of drug-likeness (QED) is 0.741. The molecule has 22 heavy (non-hydrogen) atoms. The van der Waals surface area contributed by atoms with Gasteiger partial charge >= 0.3 is 0 Å². The number of carbonyl (C=O) groups excluding carboxylic acids is 1. The number of anilines is 1. The SMILES string of the molecule is Cc1cc(Cl)ccc1NC(=O)C12CC3CC(CC(Cl)(C3)C1)C2. The summed E-state index contributed by atoms with van der Waals surface area (Å²) in [5, 5.41) is 3.85. The first kappa shape index (κ1) is 14.8. The minimum absolute atomic E-state index is 0.129. The predicted octanol–water partition coefficient (Wildman–Crippen LogP) is 5.16. The molecule has 2 nitrogen and oxygen atoms in total. The van der Waals surface area contributed by atoms with Crippen LogP contribution in [0.25, 0.3) is 0 Å². The lowest BCUT2D eigenvalue weighted by Gasteiger charge is -2.59. The number of hydrogen-bond donors (Lipinski definition) is 1. The molecule has 1 amide bonds. The second-order valence-electron chi connectivity index (χ2n) is 7.81. The Hall–Kier alpha value is -0.730. The van der Waals surface area contributed by atoms with Crippen LogP contribution < -0.4 is 5.32 Å². The lowest BCUT2D eigenvalue weighted by Crippen LogP contribution is -2.57. The van der Waals surface area contributed by atoms with Gasteiger partial charge in [0.1, 0.15) is 0 Å².